The van der Waals surface area contributed by atoms with E-state index in [0.717, 1.165) is 25.3 Å². The molecule has 8 heteroatoms. The Bertz CT molecular complexity index is 952. The van der Waals surface area contributed by atoms with Gasteiger partial charge >= 0.3 is 0 Å². The van der Waals surface area contributed by atoms with Crippen LogP contribution < -0.4 is 10.6 Å². The molecule has 1 atom stereocenters. The summed E-state index contributed by atoms with van der Waals surface area (Å²) in [5.74, 6) is 0.757. The lowest BCUT2D eigenvalue weighted by Gasteiger charge is -2.39. The minimum absolute atomic E-state index is 0.157. The van der Waals surface area contributed by atoms with Gasteiger partial charge in [0, 0.05) is 18.8 Å². The summed E-state index contributed by atoms with van der Waals surface area (Å²) in [7, 11) is 0. The predicted octanol–water partition coefficient (Wildman–Crippen LogP) is 3.53. The van der Waals surface area contributed by atoms with E-state index in [-0.39, 0.29) is 17.2 Å². The second-order valence-corrected chi connectivity index (χ2v) is 7.53. The summed E-state index contributed by atoms with van der Waals surface area (Å²) in [6, 6.07) is 5.93. The van der Waals surface area contributed by atoms with Gasteiger partial charge in [0.1, 0.15) is 11.5 Å². The van der Waals surface area contributed by atoms with Gasteiger partial charge < -0.3 is 10.6 Å². The second-order valence-electron chi connectivity index (χ2n) is 7.53. The summed E-state index contributed by atoms with van der Waals surface area (Å²) in [6.45, 7) is 6.39. The summed E-state index contributed by atoms with van der Waals surface area (Å²) < 4.78 is 27.6. The fraction of sp³-hybridized carbons (Fsp3) is 0.421. The number of alkyl halides is 2. The van der Waals surface area contributed by atoms with E-state index in [2.05, 4.69) is 34.4 Å². The second kappa shape index (κ2) is 6.84. The van der Waals surface area contributed by atoms with Crippen LogP contribution in [0.1, 0.15) is 32.4 Å². The molecule has 0 radical (unpaired) electrons. The smallest absolute Gasteiger partial charge is 0.281 e. The molecule has 1 unspecified atom stereocenters. The molecular formula is C19H22F2N6. The zero-order valence-electron chi connectivity index (χ0n) is 15.3. The van der Waals surface area contributed by atoms with Gasteiger partial charge in [0.25, 0.3) is 6.43 Å². The molecule has 6 nitrogen and oxygen atoms in total. The Morgan fingerprint density at radius 1 is 1.26 bits per heavy atom. The van der Waals surface area contributed by atoms with Crippen LogP contribution in [0, 0.1) is 5.41 Å². The van der Waals surface area contributed by atoms with Crippen molar-refractivity contribution >= 4 is 11.5 Å². The van der Waals surface area contributed by atoms with Crippen molar-refractivity contribution in [3.63, 3.8) is 0 Å². The number of nitrogens with one attached hydrogen (secondary N) is 2. The van der Waals surface area contributed by atoms with Gasteiger partial charge in [0.05, 0.1) is 23.8 Å². The Balaban J connectivity index is 1.66. The van der Waals surface area contributed by atoms with Gasteiger partial charge in [-0.25, -0.2) is 23.7 Å². The molecule has 0 aromatic carbocycles. The van der Waals surface area contributed by atoms with Gasteiger partial charge in [0.15, 0.2) is 5.65 Å². The number of rotatable bonds is 4. The maximum Gasteiger partial charge on any atom is 0.281 e. The minimum atomic E-state index is -2.63. The molecule has 27 heavy (non-hydrogen) atoms. The van der Waals surface area contributed by atoms with Crippen molar-refractivity contribution in [3.05, 3.63) is 42.5 Å². The Morgan fingerprint density at radius 2 is 2.11 bits per heavy atom. The SMILES string of the molecule is CC1(C)CCNCC1Nc1cccc(-c2cnc3cnc(C(F)F)cn23)n1. The van der Waals surface area contributed by atoms with Crippen molar-refractivity contribution in [2.45, 2.75) is 32.7 Å². The molecule has 0 bridgehead atoms. The molecular weight excluding hydrogens is 350 g/mol. The molecule has 1 fully saturated rings. The monoisotopic (exact) mass is 372 g/mol. The molecule has 1 aliphatic rings. The van der Waals surface area contributed by atoms with Gasteiger partial charge in [-0.2, -0.15) is 0 Å². The Labute approximate surface area is 156 Å². The van der Waals surface area contributed by atoms with E-state index in [1.165, 1.54) is 12.4 Å². The molecule has 4 heterocycles. The third-order valence-electron chi connectivity index (χ3n) is 5.21. The lowest BCUT2D eigenvalue weighted by molar-refractivity contribution is 0.145. The summed E-state index contributed by atoms with van der Waals surface area (Å²) in [6.07, 6.45) is 2.75. The maximum absolute atomic E-state index is 13.0. The van der Waals surface area contributed by atoms with Crippen LogP contribution in [0.25, 0.3) is 17.0 Å². The van der Waals surface area contributed by atoms with E-state index >= 15 is 0 Å². The molecule has 4 rings (SSSR count). The number of hydrogen-bond acceptors (Lipinski definition) is 5. The third kappa shape index (κ3) is 3.49. The molecule has 0 saturated carbocycles. The first-order chi connectivity index (χ1) is 12.9. The van der Waals surface area contributed by atoms with Gasteiger partial charge in [-0.3, -0.25) is 4.40 Å². The minimum Gasteiger partial charge on any atom is -0.366 e. The molecule has 1 aliphatic heterocycles. The molecule has 3 aromatic heterocycles. The van der Waals surface area contributed by atoms with Gasteiger partial charge in [-0.15, -0.1) is 0 Å². The molecule has 2 N–H and O–H groups in total. The van der Waals surface area contributed by atoms with Gasteiger partial charge in [0.2, 0.25) is 0 Å². The van der Waals surface area contributed by atoms with Crippen LogP contribution in [0.15, 0.2) is 36.8 Å². The highest BCUT2D eigenvalue weighted by molar-refractivity contribution is 5.61. The predicted molar refractivity (Wildman–Crippen MR) is 99.9 cm³/mol. The highest BCUT2D eigenvalue weighted by Crippen LogP contribution is 2.30. The largest absolute Gasteiger partial charge is 0.366 e. The van der Waals surface area contributed by atoms with Crippen molar-refractivity contribution < 1.29 is 8.78 Å². The zero-order chi connectivity index (χ0) is 19.0. The lowest BCUT2D eigenvalue weighted by Crippen LogP contribution is -2.50. The molecule has 1 saturated heterocycles. The number of aromatic nitrogens is 4. The molecule has 0 spiro atoms. The fourth-order valence-corrected chi connectivity index (χ4v) is 3.40. The Hall–Kier alpha value is -2.61. The first-order valence-corrected chi connectivity index (χ1v) is 9.00. The summed E-state index contributed by atoms with van der Waals surface area (Å²) in [5, 5.41) is 6.93. The number of imidazole rings is 1. The summed E-state index contributed by atoms with van der Waals surface area (Å²) in [5.41, 5.74) is 1.70. The highest BCUT2D eigenvalue weighted by Gasteiger charge is 2.32. The Kier molecular flexibility index (Phi) is 4.51. The normalized spacial score (nSPS) is 19.5. The number of fused-ring (bicyclic) bond motifs is 1. The number of anilines is 1. The quantitative estimate of drug-likeness (QED) is 0.733. The van der Waals surface area contributed by atoms with Crippen LogP contribution in [-0.4, -0.2) is 38.5 Å². The number of nitrogens with zero attached hydrogens (tertiary/aromatic N) is 4. The lowest BCUT2D eigenvalue weighted by atomic mass is 9.79. The van der Waals surface area contributed by atoms with E-state index in [9.17, 15) is 8.78 Å². The van der Waals surface area contributed by atoms with Crippen LogP contribution in [0.2, 0.25) is 0 Å². The maximum atomic E-state index is 13.0. The van der Waals surface area contributed by atoms with Crippen LogP contribution in [0.4, 0.5) is 14.6 Å². The molecule has 0 amide bonds. The summed E-state index contributed by atoms with van der Waals surface area (Å²) in [4.78, 5) is 12.7. The number of piperidine rings is 1. The van der Waals surface area contributed by atoms with E-state index < -0.39 is 6.43 Å². The van der Waals surface area contributed by atoms with Crippen LogP contribution in [-0.2, 0) is 0 Å². The standard InChI is InChI=1S/C19H22F2N6/c1-19(2)6-7-22-9-15(19)26-16-5-3-4-12(25-16)14-8-24-17-10-23-13(18(20)21)11-27(14)17/h3-5,8,10-11,15,18,22H,6-7,9H2,1-2H3,(H,25,26). The number of hydrogen-bond donors (Lipinski definition) is 2. The van der Waals surface area contributed by atoms with E-state index in [1.807, 2.05) is 18.2 Å². The van der Waals surface area contributed by atoms with Crippen molar-refractivity contribution in [2.75, 3.05) is 18.4 Å². The average molecular weight is 372 g/mol. The van der Waals surface area contributed by atoms with Crippen molar-refractivity contribution in [1.29, 1.82) is 0 Å². The average Bonchev–Trinajstić information content (AvgIpc) is 3.07. The van der Waals surface area contributed by atoms with Gasteiger partial charge in [-0.05, 0) is 30.5 Å². The van der Waals surface area contributed by atoms with E-state index in [1.54, 1.807) is 10.6 Å². The van der Waals surface area contributed by atoms with Crippen LogP contribution in [0.3, 0.4) is 0 Å². The highest BCUT2D eigenvalue weighted by atomic mass is 19.3. The molecule has 0 aliphatic carbocycles. The fourth-order valence-electron chi connectivity index (χ4n) is 3.40. The van der Waals surface area contributed by atoms with E-state index in [4.69, 9.17) is 4.98 Å². The summed E-state index contributed by atoms with van der Waals surface area (Å²) >= 11 is 0. The number of pyridine rings is 1. The third-order valence-corrected chi connectivity index (χ3v) is 5.21. The molecule has 3 aromatic rings. The molecule has 142 valence electrons. The Morgan fingerprint density at radius 3 is 2.89 bits per heavy atom. The van der Waals surface area contributed by atoms with Crippen molar-refractivity contribution in [2.24, 2.45) is 5.41 Å². The van der Waals surface area contributed by atoms with Crippen LogP contribution in [0.5, 0.6) is 0 Å². The van der Waals surface area contributed by atoms with E-state index in [0.29, 0.717) is 17.0 Å². The van der Waals surface area contributed by atoms with Gasteiger partial charge in [-0.1, -0.05) is 19.9 Å². The zero-order valence-corrected chi connectivity index (χ0v) is 15.3. The first kappa shape index (κ1) is 17.8. The van der Waals surface area contributed by atoms with Crippen molar-refractivity contribution in [3.8, 4) is 11.4 Å². The topological polar surface area (TPSA) is 67.1 Å². The number of halogens is 2. The van der Waals surface area contributed by atoms with Crippen molar-refractivity contribution in [1.82, 2.24) is 24.7 Å². The first-order valence-electron chi connectivity index (χ1n) is 9.00. The van der Waals surface area contributed by atoms with Crippen LogP contribution >= 0.6 is 0 Å².